The van der Waals surface area contributed by atoms with Crippen molar-refractivity contribution in [2.45, 2.75) is 245 Å². The lowest BCUT2D eigenvalue weighted by molar-refractivity contribution is -0.167. The van der Waals surface area contributed by atoms with E-state index >= 15 is 0 Å². The van der Waals surface area contributed by atoms with Crippen molar-refractivity contribution >= 4 is 17.9 Å². The molecule has 6 heteroatoms. The van der Waals surface area contributed by atoms with E-state index in [0.29, 0.717) is 19.3 Å². The summed E-state index contributed by atoms with van der Waals surface area (Å²) in [6.07, 6.45) is 69.8. The molecule has 370 valence electrons. The normalized spacial score (nSPS) is 12.8. The van der Waals surface area contributed by atoms with Crippen LogP contribution in [0.15, 0.2) is 97.2 Å². The minimum absolute atomic E-state index is 0.104. The minimum atomic E-state index is -0.812. The van der Waals surface area contributed by atoms with E-state index in [2.05, 4.69) is 63.3 Å². The first kappa shape index (κ1) is 61.3. The summed E-state index contributed by atoms with van der Waals surface area (Å²) in [4.78, 5) is 38.0. The van der Waals surface area contributed by atoms with Crippen molar-refractivity contribution in [3.8, 4) is 0 Å². The Morgan fingerprint density at radius 1 is 0.323 bits per heavy atom. The summed E-state index contributed by atoms with van der Waals surface area (Å²) in [7, 11) is 0. The van der Waals surface area contributed by atoms with E-state index in [1.165, 1.54) is 122 Å². The van der Waals surface area contributed by atoms with Crippen LogP contribution in [0.4, 0.5) is 0 Å². The molecule has 0 aliphatic rings. The first-order valence-corrected chi connectivity index (χ1v) is 26.8. The fraction of sp³-hybridized carbons (Fsp3) is 0.678. The fourth-order valence-electron chi connectivity index (χ4n) is 7.30. The SMILES string of the molecule is CC\C=C/C=C\C=C/C=C\C=C/CCCC(=O)OCC(COC(=O)CCCCCCCCCCCCCCCCCCCCC)OC(=O)CCCCCCCCC\C=C/C=C\C=C/CC. The van der Waals surface area contributed by atoms with Gasteiger partial charge in [0.05, 0.1) is 0 Å². The van der Waals surface area contributed by atoms with Crippen molar-refractivity contribution in [1.29, 1.82) is 0 Å². The molecule has 0 fully saturated rings. The zero-order valence-electron chi connectivity index (χ0n) is 42.2. The smallest absolute Gasteiger partial charge is 0.306 e. The minimum Gasteiger partial charge on any atom is -0.462 e. The van der Waals surface area contributed by atoms with Gasteiger partial charge in [0.15, 0.2) is 6.10 Å². The second-order valence-electron chi connectivity index (χ2n) is 17.6. The van der Waals surface area contributed by atoms with Crippen molar-refractivity contribution in [1.82, 2.24) is 0 Å². The van der Waals surface area contributed by atoms with Gasteiger partial charge in [-0.15, -0.1) is 0 Å². The van der Waals surface area contributed by atoms with Gasteiger partial charge in [0.1, 0.15) is 13.2 Å². The van der Waals surface area contributed by atoms with Gasteiger partial charge in [-0.05, 0) is 51.4 Å². The van der Waals surface area contributed by atoms with Crippen LogP contribution in [0.1, 0.15) is 239 Å². The Labute approximate surface area is 400 Å². The zero-order chi connectivity index (χ0) is 47.2. The molecule has 0 radical (unpaired) electrons. The Kier molecular flexibility index (Phi) is 50.0. The molecule has 0 rings (SSSR count). The quantitative estimate of drug-likeness (QED) is 0.0262. The van der Waals surface area contributed by atoms with Crippen molar-refractivity contribution in [3.63, 3.8) is 0 Å². The zero-order valence-corrected chi connectivity index (χ0v) is 42.2. The summed E-state index contributed by atoms with van der Waals surface area (Å²) in [5.41, 5.74) is 0. The molecule has 1 unspecified atom stereocenters. The molecule has 6 nitrogen and oxygen atoms in total. The van der Waals surface area contributed by atoms with E-state index in [4.69, 9.17) is 14.2 Å². The maximum absolute atomic E-state index is 12.8. The second kappa shape index (κ2) is 52.9. The monoisotopic (exact) mass is 903 g/mol. The Morgan fingerprint density at radius 2 is 0.615 bits per heavy atom. The van der Waals surface area contributed by atoms with Gasteiger partial charge >= 0.3 is 17.9 Å². The predicted molar refractivity (Wildman–Crippen MR) is 279 cm³/mol. The van der Waals surface area contributed by atoms with Gasteiger partial charge in [-0.2, -0.15) is 0 Å². The van der Waals surface area contributed by atoms with Crippen molar-refractivity contribution in [2.75, 3.05) is 13.2 Å². The van der Waals surface area contributed by atoms with Gasteiger partial charge in [-0.25, -0.2) is 0 Å². The number of hydrogen-bond acceptors (Lipinski definition) is 6. The number of ether oxygens (including phenoxy) is 3. The summed E-state index contributed by atoms with van der Waals surface area (Å²) in [5.74, 6) is -0.992. The molecule has 0 saturated carbocycles. The Balaban J connectivity index is 4.43. The van der Waals surface area contributed by atoms with E-state index in [-0.39, 0.29) is 37.5 Å². The standard InChI is InChI=1S/C59H98O6/c1-4-7-10-13-16-19-22-25-27-28-29-30-32-34-37-40-43-46-49-52-58(61)64-55-56(54-63-57(60)51-48-45-42-39-36-33-24-21-18-15-12-9-6-3)65-59(62)53-50-47-44-41-38-35-31-26-23-20-17-14-11-8-5-2/h8-9,11-12,14-15,17-18,20-21,23-24,33,36,39,42,56H,4-7,10,13,16,19,22,25-32,34-35,37-38,40-41,43-55H2,1-3H3/b11-8-,12-9-,17-14-,18-15-,23-20-,24-21-,36-33-,42-39-. The summed E-state index contributed by atoms with van der Waals surface area (Å²) in [6.45, 7) is 6.30. The lowest BCUT2D eigenvalue weighted by atomic mass is 10.0. The molecule has 0 aromatic rings. The van der Waals surface area contributed by atoms with Gasteiger partial charge in [0.2, 0.25) is 0 Å². The number of esters is 3. The third-order valence-electron chi connectivity index (χ3n) is 11.3. The Morgan fingerprint density at radius 3 is 1.00 bits per heavy atom. The van der Waals surface area contributed by atoms with Crippen LogP contribution in [-0.4, -0.2) is 37.2 Å². The number of unbranched alkanes of at least 4 members (excludes halogenated alkanes) is 26. The molecule has 0 N–H and O–H groups in total. The lowest BCUT2D eigenvalue weighted by Gasteiger charge is -2.18. The van der Waals surface area contributed by atoms with E-state index in [9.17, 15) is 14.4 Å². The molecule has 65 heavy (non-hydrogen) atoms. The van der Waals surface area contributed by atoms with Crippen LogP contribution >= 0.6 is 0 Å². The van der Waals surface area contributed by atoms with Gasteiger partial charge in [-0.1, -0.05) is 266 Å². The molecule has 0 amide bonds. The molecule has 0 spiro atoms. The van der Waals surface area contributed by atoms with Crippen LogP contribution in [0.25, 0.3) is 0 Å². The number of carbonyl (C=O) groups excluding carboxylic acids is 3. The predicted octanol–water partition coefficient (Wildman–Crippen LogP) is 17.8. The molecular formula is C59H98O6. The number of allylic oxidation sites excluding steroid dienone is 16. The largest absolute Gasteiger partial charge is 0.462 e. The highest BCUT2D eigenvalue weighted by Crippen LogP contribution is 2.16. The molecule has 0 heterocycles. The average Bonchev–Trinajstić information content (AvgIpc) is 3.30. The third-order valence-corrected chi connectivity index (χ3v) is 11.3. The van der Waals surface area contributed by atoms with Crippen LogP contribution in [0.2, 0.25) is 0 Å². The highest BCUT2D eigenvalue weighted by atomic mass is 16.6. The highest BCUT2D eigenvalue weighted by Gasteiger charge is 2.19. The topological polar surface area (TPSA) is 78.9 Å². The van der Waals surface area contributed by atoms with Crippen molar-refractivity contribution < 1.29 is 28.6 Å². The van der Waals surface area contributed by atoms with E-state index in [1.54, 1.807) is 0 Å². The summed E-state index contributed by atoms with van der Waals surface area (Å²) in [5, 5.41) is 0. The highest BCUT2D eigenvalue weighted by molar-refractivity contribution is 5.71. The van der Waals surface area contributed by atoms with Crippen molar-refractivity contribution in [2.24, 2.45) is 0 Å². The first-order chi connectivity index (χ1) is 32.0. The summed E-state index contributed by atoms with van der Waals surface area (Å²) in [6, 6.07) is 0. The van der Waals surface area contributed by atoms with Crippen LogP contribution in [0, 0.1) is 0 Å². The van der Waals surface area contributed by atoms with E-state index in [0.717, 1.165) is 70.6 Å². The van der Waals surface area contributed by atoms with Gasteiger partial charge in [-0.3, -0.25) is 14.4 Å². The van der Waals surface area contributed by atoms with Crippen LogP contribution in [0.3, 0.4) is 0 Å². The molecule has 0 aromatic carbocycles. The number of rotatable bonds is 47. The molecule has 0 bridgehead atoms. The Bertz CT molecular complexity index is 1310. The second-order valence-corrected chi connectivity index (χ2v) is 17.6. The summed E-state index contributed by atoms with van der Waals surface area (Å²) < 4.78 is 16.7. The summed E-state index contributed by atoms with van der Waals surface area (Å²) >= 11 is 0. The number of hydrogen-bond donors (Lipinski definition) is 0. The molecule has 0 aliphatic heterocycles. The van der Waals surface area contributed by atoms with Crippen LogP contribution < -0.4 is 0 Å². The Hall–Kier alpha value is -3.67. The van der Waals surface area contributed by atoms with Gasteiger partial charge in [0.25, 0.3) is 0 Å². The fourth-order valence-corrected chi connectivity index (χ4v) is 7.30. The van der Waals surface area contributed by atoms with Crippen LogP contribution in [0.5, 0.6) is 0 Å². The maximum Gasteiger partial charge on any atom is 0.306 e. The van der Waals surface area contributed by atoms with Gasteiger partial charge in [0, 0.05) is 19.3 Å². The molecule has 0 aromatic heterocycles. The molecule has 0 saturated heterocycles. The average molecular weight is 903 g/mol. The molecular weight excluding hydrogens is 805 g/mol. The first-order valence-electron chi connectivity index (χ1n) is 26.8. The number of carbonyl (C=O) groups is 3. The van der Waals surface area contributed by atoms with Crippen molar-refractivity contribution in [3.05, 3.63) is 97.2 Å². The maximum atomic E-state index is 12.8. The van der Waals surface area contributed by atoms with Gasteiger partial charge < -0.3 is 14.2 Å². The van der Waals surface area contributed by atoms with Crippen LogP contribution in [-0.2, 0) is 28.6 Å². The van der Waals surface area contributed by atoms with E-state index < -0.39 is 6.10 Å². The van der Waals surface area contributed by atoms with E-state index in [1.807, 2.05) is 54.7 Å². The molecule has 1 atom stereocenters. The molecule has 0 aliphatic carbocycles. The third kappa shape index (κ3) is 51.2. The lowest BCUT2D eigenvalue weighted by Crippen LogP contribution is -2.30.